The van der Waals surface area contributed by atoms with Gasteiger partial charge in [-0.2, -0.15) is 0 Å². The number of rotatable bonds is 8. The summed E-state index contributed by atoms with van der Waals surface area (Å²) in [4.78, 5) is 17.1. The van der Waals surface area contributed by atoms with Gasteiger partial charge in [0.15, 0.2) is 5.78 Å². The number of fused-ring (bicyclic) bond motifs is 1. The fourth-order valence-corrected chi connectivity index (χ4v) is 6.82. The molecule has 257 valence electrons. The molecule has 0 unspecified atom stereocenters. The molecule has 0 fully saturated rings. The minimum Gasteiger partial charge on any atom is -0.512 e. The molecule has 0 bridgehead atoms. The van der Waals surface area contributed by atoms with Crippen LogP contribution in [-0.2, 0) is 35.7 Å². The van der Waals surface area contributed by atoms with Crippen molar-refractivity contribution in [1.82, 2.24) is 4.98 Å². The van der Waals surface area contributed by atoms with Crippen LogP contribution in [0.2, 0.25) is 0 Å². The van der Waals surface area contributed by atoms with Gasteiger partial charge in [-0.25, -0.2) is 0 Å². The van der Waals surface area contributed by atoms with Crippen molar-refractivity contribution in [3.05, 3.63) is 89.3 Å². The van der Waals surface area contributed by atoms with Gasteiger partial charge in [0, 0.05) is 65.1 Å². The van der Waals surface area contributed by atoms with E-state index in [1.807, 2.05) is 47.7 Å². The van der Waals surface area contributed by atoms with Crippen LogP contribution in [0.1, 0.15) is 119 Å². The van der Waals surface area contributed by atoms with Crippen LogP contribution in [0.3, 0.4) is 0 Å². The summed E-state index contributed by atoms with van der Waals surface area (Å²) in [5, 5.41) is 15.0. The number of allylic oxidation sites excluding steroid dienone is 2. The topological polar surface area (TPSA) is 63.3 Å². The van der Waals surface area contributed by atoms with Gasteiger partial charge < -0.3 is 9.52 Å². The third kappa shape index (κ3) is 6.29. The number of nitrogens with zero attached hydrogens (tertiary/aromatic N) is 1. The quantitative estimate of drug-likeness (QED) is 0.0962. The smallest absolute Gasteiger partial charge is 0.164 e. The van der Waals surface area contributed by atoms with Crippen LogP contribution in [0.5, 0.6) is 0 Å². The average molecular weight is 823 g/mol. The Bertz CT molecular complexity index is 2000. The summed E-state index contributed by atoms with van der Waals surface area (Å²) in [6.07, 6.45) is 6.80. The molecule has 2 aromatic heterocycles. The third-order valence-electron chi connectivity index (χ3n) is 11.3. The molecule has 6 rings (SSSR count). The molecule has 0 saturated carbocycles. The van der Waals surface area contributed by atoms with Gasteiger partial charge in [0.1, 0.15) is 16.9 Å². The van der Waals surface area contributed by atoms with Crippen molar-refractivity contribution in [2.24, 2.45) is 10.8 Å². The van der Waals surface area contributed by atoms with Crippen LogP contribution in [0.25, 0.3) is 44.0 Å². The number of hydrogen-bond donors (Lipinski definition) is 1. The van der Waals surface area contributed by atoms with Gasteiger partial charge in [-0.15, -0.1) is 29.1 Å². The summed E-state index contributed by atoms with van der Waals surface area (Å²) < 4.78 is 6.41. The number of hydrogen-bond acceptors (Lipinski definition) is 4. The number of carbonyl (C=O) groups excluding carboxylic acids is 1. The van der Waals surface area contributed by atoms with Crippen LogP contribution in [-0.4, -0.2) is 15.9 Å². The Morgan fingerprint density at radius 2 is 1.50 bits per heavy atom. The van der Waals surface area contributed by atoms with E-state index in [-0.39, 0.29) is 53.3 Å². The number of ketones is 1. The summed E-state index contributed by atoms with van der Waals surface area (Å²) in [6.45, 7) is 23.4. The number of aliphatic hydroxyl groups is 1. The molecule has 48 heavy (non-hydrogen) atoms. The van der Waals surface area contributed by atoms with Gasteiger partial charge in [-0.3, -0.25) is 9.78 Å². The van der Waals surface area contributed by atoms with Crippen molar-refractivity contribution in [2.75, 3.05) is 0 Å². The first-order chi connectivity index (χ1) is 22.1. The molecular weight excluding hydrogens is 771 g/mol. The molecule has 3 aromatic carbocycles. The summed E-state index contributed by atoms with van der Waals surface area (Å²) >= 11 is 0. The summed E-state index contributed by atoms with van der Waals surface area (Å²) in [5.41, 5.74) is 6.93. The largest absolute Gasteiger partial charge is 0.512 e. The molecule has 0 spiro atoms. The van der Waals surface area contributed by atoms with E-state index in [4.69, 9.17) is 9.40 Å². The molecule has 0 aliphatic heterocycles. The van der Waals surface area contributed by atoms with Gasteiger partial charge in [0.2, 0.25) is 0 Å². The van der Waals surface area contributed by atoms with Crippen LogP contribution >= 0.6 is 0 Å². The zero-order chi connectivity index (χ0) is 34.5. The zero-order valence-electron chi connectivity index (χ0n) is 30.6. The maximum absolute atomic E-state index is 12.2. The summed E-state index contributed by atoms with van der Waals surface area (Å²) in [7, 11) is 0. The number of pyridine rings is 1. The van der Waals surface area contributed by atoms with Crippen molar-refractivity contribution in [3.63, 3.8) is 0 Å². The minimum atomic E-state index is -0.337. The predicted molar refractivity (Wildman–Crippen MR) is 197 cm³/mol. The van der Waals surface area contributed by atoms with Gasteiger partial charge in [-0.1, -0.05) is 117 Å². The molecule has 1 aliphatic rings. The Morgan fingerprint density at radius 3 is 2.10 bits per heavy atom. The van der Waals surface area contributed by atoms with E-state index in [1.54, 1.807) is 0 Å². The summed E-state index contributed by atoms with van der Waals surface area (Å²) in [6, 6.07) is 20.8. The molecule has 5 heteroatoms. The van der Waals surface area contributed by atoms with Gasteiger partial charge >= 0.3 is 0 Å². The van der Waals surface area contributed by atoms with E-state index in [2.05, 4.69) is 89.2 Å². The van der Waals surface area contributed by atoms with E-state index < -0.39 is 0 Å². The second-order valence-electron chi connectivity index (χ2n) is 15.5. The monoisotopic (exact) mass is 823 g/mol. The first kappa shape index (κ1) is 37.5. The second kappa shape index (κ2) is 13.6. The molecule has 2 heterocycles. The first-order valence-electron chi connectivity index (χ1n) is 17.3. The Kier molecular flexibility index (Phi) is 10.6. The van der Waals surface area contributed by atoms with E-state index in [1.165, 1.54) is 38.9 Å². The molecule has 1 radical (unpaired) electrons. The Morgan fingerprint density at radius 1 is 0.875 bits per heavy atom. The van der Waals surface area contributed by atoms with E-state index in [0.717, 1.165) is 53.5 Å². The van der Waals surface area contributed by atoms with Gasteiger partial charge in [0.25, 0.3) is 0 Å². The Labute approximate surface area is 300 Å². The van der Waals surface area contributed by atoms with Crippen molar-refractivity contribution in [3.8, 4) is 11.3 Å². The number of aliphatic hydroxyl groups excluding tert-OH is 1. The number of furan rings is 1. The van der Waals surface area contributed by atoms with E-state index >= 15 is 0 Å². The van der Waals surface area contributed by atoms with Crippen molar-refractivity contribution in [1.29, 1.82) is 0 Å². The molecule has 0 amide bonds. The fraction of sp³-hybridized carbons (Fsp3) is 0.442. The maximum atomic E-state index is 12.2. The first-order valence-corrected chi connectivity index (χ1v) is 17.3. The fourth-order valence-electron chi connectivity index (χ4n) is 6.82. The molecule has 0 atom stereocenters. The molecule has 4 nitrogen and oxygen atoms in total. The average Bonchev–Trinajstić information content (AvgIpc) is 3.56. The minimum absolute atomic E-state index is 0. The molecule has 5 aromatic rings. The normalized spacial score (nSPS) is 14.4. The van der Waals surface area contributed by atoms with Crippen LogP contribution < -0.4 is 0 Å². The van der Waals surface area contributed by atoms with E-state index in [0.29, 0.717) is 0 Å². The zero-order valence-corrected chi connectivity index (χ0v) is 33.0. The maximum Gasteiger partial charge on any atom is 0.164 e. The van der Waals surface area contributed by atoms with Gasteiger partial charge in [-0.05, 0) is 48.3 Å². The van der Waals surface area contributed by atoms with Crippen molar-refractivity contribution < 1.29 is 34.4 Å². The number of aromatic nitrogens is 1. The Balaban J connectivity index is 0.000000251. The van der Waals surface area contributed by atoms with Crippen molar-refractivity contribution >= 4 is 38.5 Å². The molecule has 0 saturated heterocycles. The molecular formula is C43H52IrNO3-. The predicted octanol–water partition coefficient (Wildman–Crippen LogP) is 12.2. The molecule has 1 aliphatic carbocycles. The van der Waals surface area contributed by atoms with Crippen LogP contribution in [0.4, 0.5) is 0 Å². The van der Waals surface area contributed by atoms with Gasteiger partial charge in [0.05, 0.1) is 0 Å². The second-order valence-corrected chi connectivity index (χ2v) is 15.5. The van der Waals surface area contributed by atoms with Crippen LogP contribution in [0.15, 0.2) is 71.0 Å². The molecule has 1 N–H and O–H groups in total. The number of benzene rings is 3. The Hall–Kier alpha value is -3.27. The number of carbonyl (C=O) groups is 1. The SMILES string of the molecule is CC(C)(C)c1cc(-c2ncc3c4c2oc2cccc(c24)C3(C)C)[c-]c2ccccc12.CCC(C)(CC)C(=O)/C=C(\O)C(C)(CC)CC.[Ir]. The van der Waals surface area contributed by atoms with E-state index in [9.17, 15) is 9.90 Å². The third-order valence-corrected chi connectivity index (χ3v) is 11.3. The summed E-state index contributed by atoms with van der Waals surface area (Å²) in [5.74, 6) is 0.286. The van der Waals surface area contributed by atoms with Crippen LogP contribution in [0, 0.1) is 16.9 Å². The van der Waals surface area contributed by atoms with Crippen molar-refractivity contribution in [2.45, 2.75) is 113 Å². The standard InChI is InChI=1S/C28H24NO.C15H28O2.Ir/c1-27(2,3)20-14-17(13-16-9-6-7-10-18(16)20)25-26-24-21(15-29-25)28(4,5)19-11-8-12-22(30-26)23(19)24;1-7-14(5,8-2)12(16)11-13(17)15(6,9-3)10-4;/h6-12,14-15H,1-5H3;11,16H,7-10H2,1-6H3;/q-1;;/b;12-11-;.